The Bertz CT molecular complexity index is 347. The number of rotatable bonds is 3. The first-order chi connectivity index (χ1) is 8.61. The van der Waals surface area contributed by atoms with E-state index in [1.54, 1.807) is 16.7 Å². The Balaban J connectivity index is 0.000000357. The quantitative estimate of drug-likeness (QED) is 0.638. The van der Waals surface area contributed by atoms with Crippen LogP contribution in [0.2, 0.25) is 0 Å². The standard InChI is InChI=1S/C14H20.C4H10/c1-10(2)11(3)13-8-4-6-12-7-5-9-14(12)13;1-3-4-2/h4,6,8,10-11H,5,7,9H2,1-3H3;3-4H2,1-2H3/t11-;/m1./s1. The van der Waals surface area contributed by atoms with Crippen LogP contribution in [0.1, 0.15) is 76.5 Å². The maximum Gasteiger partial charge on any atom is -0.0164 e. The van der Waals surface area contributed by atoms with E-state index in [9.17, 15) is 0 Å². The SMILES string of the molecule is CC(C)[C@@H](C)c1cccc2c1CCC2.CCCC. The minimum atomic E-state index is 0.711. The van der Waals surface area contributed by atoms with Gasteiger partial charge in [-0.05, 0) is 47.8 Å². The lowest BCUT2D eigenvalue weighted by molar-refractivity contribution is 0.532. The number of benzene rings is 1. The Kier molecular flexibility index (Phi) is 6.46. The summed E-state index contributed by atoms with van der Waals surface area (Å²) in [5.74, 6) is 1.46. The Hall–Kier alpha value is -0.780. The summed E-state index contributed by atoms with van der Waals surface area (Å²) in [5, 5.41) is 0. The van der Waals surface area contributed by atoms with Crippen LogP contribution >= 0.6 is 0 Å². The molecule has 0 aliphatic heterocycles. The molecule has 1 aromatic rings. The molecule has 0 bridgehead atoms. The molecule has 0 amide bonds. The largest absolute Gasteiger partial charge is 0.0654 e. The van der Waals surface area contributed by atoms with Crippen molar-refractivity contribution in [1.29, 1.82) is 0 Å². The summed E-state index contributed by atoms with van der Waals surface area (Å²) in [6, 6.07) is 6.87. The van der Waals surface area contributed by atoms with E-state index in [4.69, 9.17) is 0 Å². The fraction of sp³-hybridized carbons (Fsp3) is 0.667. The van der Waals surface area contributed by atoms with E-state index >= 15 is 0 Å². The molecule has 0 radical (unpaired) electrons. The molecule has 0 aromatic heterocycles. The van der Waals surface area contributed by atoms with E-state index in [1.807, 2.05) is 0 Å². The van der Waals surface area contributed by atoms with Crippen molar-refractivity contribution in [2.24, 2.45) is 5.92 Å². The third-order valence-corrected chi connectivity index (χ3v) is 4.17. The Morgan fingerprint density at radius 1 is 1.00 bits per heavy atom. The Morgan fingerprint density at radius 3 is 2.22 bits per heavy atom. The fourth-order valence-corrected chi connectivity index (χ4v) is 2.43. The molecule has 1 atom stereocenters. The smallest absolute Gasteiger partial charge is 0.0164 e. The van der Waals surface area contributed by atoms with Gasteiger partial charge in [0.2, 0.25) is 0 Å². The summed E-state index contributed by atoms with van der Waals surface area (Å²) in [6.45, 7) is 11.4. The first-order valence-corrected chi connectivity index (χ1v) is 7.72. The van der Waals surface area contributed by atoms with E-state index in [0.29, 0.717) is 5.92 Å². The van der Waals surface area contributed by atoms with Crippen molar-refractivity contribution < 1.29 is 0 Å². The van der Waals surface area contributed by atoms with Crippen LogP contribution in [0.15, 0.2) is 18.2 Å². The first-order valence-electron chi connectivity index (χ1n) is 7.72. The first kappa shape index (κ1) is 15.3. The number of hydrogen-bond donors (Lipinski definition) is 0. The van der Waals surface area contributed by atoms with Gasteiger partial charge in [0.15, 0.2) is 0 Å². The molecule has 2 rings (SSSR count). The molecule has 0 N–H and O–H groups in total. The summed E-state index contributed by atoms with van der Waals surface area (Å²) in [7, 11) is 0. The third kappa shape index (κ3) is 3.86. The summed E-state index contributed by atoms with van der Waals surface area (Å²) in [5.41, 5.74) is 4.87. The highest BCUT2D eigenvalue weighted by Gasteiger charge is 2.19. The van der Waals surface area contributed by atoms with Crippen molar-refractivity contribution in [3.8, 4) is 0 Å². The number of hydrogen-bond acceptors (Lipinski definition) is 0. The number of unbranched alkanes of at least 4 members (excludes halogenated alkanes) is 1. The molecule has 0 heterocycles. The molecule has 0 heteroatoms. The van der Waals surface area contributed by atoms with Crippen LogP contribution in [0.3, 0.4) is 0 Å². The molecular weight excluding hydrogens is 216 g/mol. The molecule has 0 saturated carbocycles. The second kappa shape index (κ2) is 7.61. The van der Waals surface area contributed by atoms with Crippen LogP contribution in [0.5, 0.6) is 0 Å². The van der Waals surface area contributed by atoms with Crippen LogP contribution in [-0.4, -0.2) is 0 Å². The summed E-state index contributed by atoms with van der Waals surface area (Å²) >= 11 is 0. The predicted octanol–water partition coefficient (Wildman–Crippen LogP) is 5.74. The van der Waals surface area contributed by atoms with Gasteiger partial charge in [0.1, 0.15) is 0 Å². The molecule has 0 fully saturated rings. The minimum Gasteiger partial charge on any atom is -0.0654 e. The van der Waals surface area contributed by atoms with Crippen LogP contribution in [0.4, 0.5) is 0 Å². The van der Waals surface area contributed by atoms with Gasteiger partial charge in [0, 0.05) is 0 Å². The second-order valence-electron chi connectivity index (χ2n) is 5.87. The van der Waals surface area contributed by atoms with Crippen molar-refractivity contribution in [2.45, 2.75) is 72.6 Å². The maximum atomic E-state index is 2.36. The monoisotopic (exact) mass is 246 g/mol. The van der Waals surface area contributed by atoms with E-state index < -0.39 is 0 Å². The number of fused-ring (bicyclic) bond motifs is 1. The molecule has 102 valence electrons. The predicted molar refractivity (Wildman–Crippen MR) is 82.3 cm³/mol. The van der Waals surface area contributed by atoms with Gasteiger partial charge in [-0.1, -0.05) is 65.7 Å². The third-order valence-electron chi connectivity index (χ3n) is 4.17. The molecular formula is C18H30. The summed E-state index contributed by atoms with van der Waals surface area (Å²) in [6.07, 6.45) is 6.60. The average molecular weight is 246 g/mol. The average Bonchev–Trinajstić information content (AvgIpc) is 2.86. The van der Waals surface area contributed by atoms with Crippen LogP contribution in [0, 0.1) is 5.92 Å². The molecule has 1 aromatic carbocycles. The molecule has 1 aliphatic rings. The van der Waals surface area contributed by atoms with Gasteiger partial charge < -0.3 is 0 Å². The summed E-state index contributed by atoms with van der Waals surface area (Å²) < 4.78 is 0. The van der Waals surface area contributed by atoms with Gasteiger partial charge in [0.05, 0.1) is 0 Å². The van der Waals surface area contributed by atoms with E-state index in [1.165, 1.54) is 32.1 Å². The van der Waals surface area contributed by atoms with E-state index in [-0.39, 0.29) is 0 Å². The second-order valence-corrected chi connectivity index (χ2v) is 5.87. The Morgan fingerprint density at radius 2 is 1.67 bits per heavy atom. The number of aryl methyl sites for hydroxylation is 1. The van der Waals surface area contributed by atoms with Crippen molar-refractivity contribution in [2.75, 3.05) is 0 Å². The van der Waals surface area contributed by atoms with Crippen molar-refractivity contribution in [1.82, 2.24) is 0 Å². The molecule has 0 nitrogen and oxygen atoms in total. The van der Waals surface area contributed by atoms with Gasteiger partial charge in [-0.3, -0.25) is 0 Å². The van der Waals surface area contributed by atoms with Crippen molar-refractivity contribution in [3.63, 3.8) is 0 Å². The van der Waals surface area contributed by atoms with Crippen LogP contribution < -0.4 is 0 Å². The van der Waals surface area contributed by atoms with Gasteiger partial charge in [-0.25, -0.2) is 0 Å². The fourth-order valence-electron chi connectivity index (χ4n) is 2.43. The minimum absolute atomic E-state index is 0.711. The molecule has 1 aliphatic carbocycles. The lowest BCUT2D eigenvalue weighted by atomic mass is 9.86. The lowest BCUT2D eigenvalue weighted by Crippen LogP contribution is -2.05. The highest BCUT2D eigenvalue weighted by atomic mass is 14.2. The van der Waals surface area contributed by atoms with Gasteiger partial charge in [-0.2, -0.15) is 0 Å². The topological polar surface area (TPSA) is 0 Å². The van der Waals surface area contributed by atoms with Crippen LogP contribution in [0.25, 0.3) is 0 Å². The molecule has 0 saturated heterocycles. The van der Waals surface area contributed by atoms with Crippen molar-refractivity contribution >= 4 is 0 Å². The normalized spacial score (nSPS) is 15.0. The zero-order chi connectivity index (χ0) is 13.5. The molecule has 18 heavy (non-hydrogen) atoms. The van der Waals surface area contributed by atoms with Crippen molar-refractivity contribution in [3.05, 3.63) is 34.9 Å². The van der Waals surface area contributed by atoms with Gasteiger partial charge >= 0.3 is 0 Å². The van der Waals surface area contributed by atoms with Gasteiger partial charge in [0.25, 0.3) is 0 Å². The maximum absolute atomic E-state index is 2.36. The lowest BCUT2D eigenvalue weighted by Gasteiger charge is -2.19. The molecule has 0 spiro atoms. The highest BCUT2D eigenvalue weighted by Crippen LogP contribution is 2.33. The van der Waals surface area contributed by atoms with E-state index in [0.717, 1.165) is 5.92 Å². The zero-order valence-corrected chi connectivity index (χ0v) is 12.9. The van der Waals surface area contributed by atoms with E-state index in [2.05, 4.69) is 52.8 Å². The molecule has 0 unspecified atom stereocenters. The zero-order valence-electron chi connectivity index (χ0n) is 12.9. The highest BCUT2D eigenvalue weighted by molar-refractivity contribution is 5.40. The van der Waals surface area contributed by atoms with Gasteiger partial charge in [-0.15, -0.1) is 0 Å². The van der Waals surface area contributed by atoms with Crippen LogP contribution in [-0.2, 0) is 12.8 Å². The summed E-state index contributed by atoms with van der Waals surface area (Å²) in [4.78, 5) is 0. The Labute approximate surface area is 114 Å².